The first-order valence-electron chi connectivity index (χ1n) is 21.2. The number of urea groups is 1. The summed E-state index contributed by atoms with van der Waals surface area (Å²) in [6.07, 6.45) is 4.38. The van der Waals surface area contributed by atoms with Gasteiger partial charge < -0.3 is 72.8 Å². The lowest BCUT2D eigenvalue weighted by molar-refractivity contribution is -0.121. The van der Waals surface area contributed by atoms with E-state index in [1.54, 1.807) is 0 Å². The van der Waals surface area contributed by atoms with Crippen molar-refractivity contribution < 1.29 is 66.4 Å². The lowest BCUT2D eigenvalue weighted by Crippen LogP contribution is -2.36. The van der Waals surface area contributed by atoms with Crippen LogP contribution in [0.1, 0.15) is 52.9 Å². The lowest BCUT2D eigenvalue weighted by Gasteiger charge is -2.17. The number of ether oxygens (including phenoxy) is 12. The first kappa shape index (κ1) is 52.7. The maximum atomic E-state index is 12.1. The van der Waals surface area contributed by atoms with Crippen LogP contribution in [-0.2, 0) is 61.6 Å². The fourth-order valence-corrected chi connectivity index (χ4v) is 7.07. The molecule has 3 N–H and O–H groups in total. The molecule has 2 heterocycles. The van der Waals surface area contributed by atoms with Gasteiger partial charge in [-0.25, -0.2) is 4.79 Å². The summed E-state index contributed by atoms with van der Waals surface area (Å²) < 4.78 is 66.1. The van der Waals surface area contributed by atoms with E-state index in [0.29, 0.717) is 176 Å². The highest BCUT2D eigenvalue weighted by molar-refractivity contribution is 8.00. The fourth-order valence-electron chi connectivity index (χ4n) is 5.52. The molecule has 0 bridgehead atoms. The van der Waals surface area contributed by atoms with Gasteiger partial charge in [-0.2, -0.15) is 11.8 Å². The van der Waals surface area contributed by atoms with Crippen molar-refractivity contribution in [3.8, 4) is 0 Å². The fraction of sp³-hybridized carbons (Fsp3) is 0.950. The third-order valence-electron chi connectivity index (χ3n) is 8.74. The van der Waals surface area contributed by atoms with Gasteiger partial charge in [-0.05, 0) is 24.7 Å². The zero-order valence-electron chi connectivity index (χ0n) is 35.8. The van der Waals surface area contributed by atoms with Crippen molar-refractivity contribution >= 4 is 23.7 Å². The van der Waals surface area contributed by atoms with Crippen LogP contribution < -0.4 is 16.0 Å². The molecular formula is C40H77N3O14S. The quantitative estimate of drug-likeness (QED) is 0.0601. The van der Waals surface area contributed by atoms with Crippen molar-refractivity contribution in [2.24, 2.45) is 5.41 Å². The molecule has 58 heavy (non-hydrogen) atoms. The maximum absolute atomic E-state index is 12.1. The van der Waals surface area contributed by atoms with Crippen LogP contribution in [0.3, 0.4) is 0 Å². The predicted molar refractivity (Wildman–Crippen MR) is 221 cm³/mol. The average molecular weight is 856 g/mol. The number of hydrogen-bond acceptors (Lipinski definition) is 15. The Labute approximate surface area is 351 Å². The van der Waals surface area contributed by atoms with E-state index >= 15 is 0 Å². The second kappa shape index (κ2) is 37.4. The molecule has 2 aliphatic rings. The predicted octanol–water partition coefficient (Wildman–Crippen LogP) is 2.46. The van der Waals surface area contributed by atoms with Crippen molar-refractivity contribution in [1.82, 2.24) is 16.0 Å². The summed E-state index contributed by atoms with van der Waals surface area (Å²) in [5.74, 6) is 1.00. The van der Waals surface area contributed by atoms with Crippen LogP contribution in [0.2, 0.25) is 0 Å². The Kier molecular flexibility index (Phi) is 34.0. The number of nitrogens with one attached hydrogen (secondary N) is 3. The molecule has 3 atom stereocenters. The first-order valence-corrected chi connectivity index (χ1v) is 22.3. The van der Waals surface area contributed by atoms with Gasteiger partial charge in [0.1, 0.15) is 0 Å². The SMILES string of the molecule is CC(C)(C)CCOCCOCCOCCOCCOCCOCCOCCOCCOCCOCCOCCOCCNC(=O)CCCC[C@@H]1SC[C@@H]2NC(=O)N[C@@H]21. The number of carbonyl (C=O) groups excluding carboxylic acids is 2. The summed E-state index contributed by atoms with van der Waals surface area (Å²) in [6.45, 7) is 19.5. The molecule has 18 heteroatoms. The van der Waals surface area contributed by atoms with Gasteiger partial charge >= 0.3 is 6.03 Å². The molecule has 0 radical (unpaired) electrons. The molecule has 0 aromatic carbocycles. The minimum atomic E-state index is -0.0605. The minimum absolute atomic E-state index is 0.0435. The van der Waals surface area contributed by atoms with Gasteiger partial charge in [-0.15, -0.1) is 0 Å². The maximum Gasteiger partial charge on any atom is 0.315 e. The molecular weight excluding hydrogens is 779 g/mol. The summed E-state index contributed by atoms with van der Waals surface area (Å²) in [6, 6.07) is 0.406. The highest BCUT2D eigenvalue weighted by Crippen LogP contribution is 2.33. The Balaban J connectivity index is 1.14. The monoisotopic (exact) mass is 856 g/mol. The second-order valence-corrected chi connectivity index (χ2v) is 16.1. The van der Waals surface area contributed by atoms with E-state index < -0.39 is 0 Å². The van der Waals surface area contributed by atoms with E-state index in [-0.39, 0.29) is 24.0 Å². The molecule has 0 saturated carbocycles. The number of carbonyl (C=O) groups is 2. The number of rotatable bonds is 43. The van der Waals surface area contributed by atoms with Crippen LogP contribution in [0.4, 0.5) is 4.79 Å². The molecule has 0 spiro atoms. The van der Waals surface area contributed by atoms with Crippen LogP contribution in [0.25, 0.3) is 0 Å². The van der Waals surface area contributed by atoms with Crippen molar-refractivity contribution in [2.45, 2.75) is 70.2 Å². The Morgan fingerprint density at radius 3 is 1.29 bits per heavy atom. The van der Waals surface area contributed by atoms with Crippen LogP contribution in [0, 0.1) is 5.41 Å². The first-order chi connectivity index (χ1) is 28.3. The largest absolute Gasteiger partial charge is 0.379 e. The molecule has 0 unspecified atom stereocenters. The van der Waals surface area contributed by atoms with E-state index in [0.717, 1.165) is 38.0 Å². The van der Waals surface area contributed by atoms with E-state index in [4.69, 9.17) is 56.8 Å². The molecule has 17 nitrogen and oxygen atoms in total. The van der Waals surface area contributed by atoms with Gasteiger partial charge in [0.25, 0.3) is 0 Å². The molecule has 2 rings (SSSR count). The lowest BCUT2D eigenvalue weighted by atomic mass is 9.93. The summed E-state index contributed by atoms with van der Waals surface area (Å²) in [5.41, 5.74) is 0.298. The van der Waals surface area contributed by atoms with E-state index in [1.165, 1.54) is 0 Å². The normalized spacial score (nSPS) is 17.8. The molecule has 2 fully saturated rings. The van der Waals surface area contributed by atoms with E-state index in [9.17, 15) is 9.59 Å². The van der Waals surface area contributed by atoms with Gasteiger partial charge in [0, 0.05) is 30.6 Å². The van der Waals surface area contributed by atoms with Crippen molar-refractivity contribution in [3.63, 3.8) is 0 Å². The second-order valence-electron chi connectivity index (χ2n) is 14.9. The Bertz CT molecular complexity index is 970. The van der Waals surface area contributed by atoms with Crippen LogP contribution in [-0.4, -0.2) is 200 Å². The van der Waals surface area contributed by atoms with E-state index in [1.807, 2.05) is 11.8 Å². The molecule has 2 saturated heterocycles. The molecule has 0 aromatic heterocycles. The third-order valence-corrected chi connectivity index (χ3v) is 10.2. The zero-order chi connectivity index (χ0) is 41.6. The molecule has 0 aromatic rings. The number of thioether (sulfide) groups is 1. The van der Waals surface area contributed by atoms with Crippen LogP contribution in [0.15, 0.2) is 0 Å². The summed E-state index contributed by atoms with van der Waals surface area (Å²) in [4.78, 5) is 23.5. The number of amides is 3. The van der Waals surface area contributed by atoms with Crippen molar-refractivity contribution in [2.75, 3.05) is 171 Å². The van der Waals surface area contributed by atoms with Gasteiger partial charge in [-0.1, -0.05) is 27.2 Å². The van der Waals surface area contributed by atoms with Gasteiger partial charge in [0.05, 0.1) is 164 Å². The van der Waals surface area contributed by atoms with Crippen LogP contribution in [0.5, 0.6) is 0 Å². The Morgan fingerprint density at radius 1 is 0.552 bits per heavy atom. The molecule has 342 valence electrons. The number of hydrogen-bond donors (Lipinski definition) is 3. The van der Waals surface area contributed by atoms with E-state index in [2.05, 4.69) is 36.7 Å². The molecule has 3 amide bonds. The average Bonchev–Trinajstić information content (AvgIpc) is 3.75. The number of fused-ring (bicyclic) bond motifs is 1. The summed E-state index contributed by atoms with van der Waals surface area (Å²) in [7, 11) is 0. The van der Waals surface area contributed by atoms with Gasteiger partial charge in [-0.3, -0.25) is 4.79 Å². The molecule has 2 aliphatic heterocycles. The Morgan fingerprint density at radius 2 is 0.914 bits per heavy atom. The zero-order valence-corrected chi connectivity index (χ0v) is 36.6. The van der Waals surface area contributed by atoms with Crippen molar-refractivity contribution in [1.29, 1.82) is 0 Å². The topological polar surface area (TPSA) is 181 Å². The third kappa shape index (κ3) is 32.4. The highest BCUT2D eigenvalue weighted by Gasteiger charge is 2.42. The smallest absolute Gasteiger partial charge is 0.315 e. The minimum Gasteiger partial charge on any atom is -0.379 e. The highest BCUT2D eigenvalue weighted by atomic mass is 32.2. The van der Waals surface area contributed by atoms with Crippen LogP contribution >= 0.6 is 11.8 Å². The van der Waals surface area contributed by atoms with Gasteiger partial charge in [0.15, 0.2) is 0 Å². The number of unbranched alkanes of at least 4 members (excludes halogenated alkanes) is 1. The van der Waals surface area contributed by atoms with Gasteiger partial charge in [0.2, 0.25) is 5.91 Å². The standard InChI is InChI=1S/C40H77N3O14S/c1-40(2,3)8-10-46-12-14-48-16-18-50-20-22-52-24-26-54-28-30-56-32-33-57-31-29-55-27-25-53-23-21-51-19-17-49-15-13-47-11-9-41-37(44)7-5-4-6-36-38-35(34-58-36)42-39(45)43-38/h35-36,38H,4-34H2,1-3H3,(H,41,44)(H2,42,43,45)/t35-,36-,38-/m0/s1. The summed E-state index contributed by atoms with van der Waals surface area (Å²) >= 11 is 1.90. The summed E-state index contributed by atoms with van der Waals surface area (Å²) in [5, 5.41) is 9.29. The molecule has 0 aliphatic carbocycles. The van der Waals surface area contributed by atoms with Crippen molar-refractivity contribution in [3.05, 3.63) is 0 Å². The Hall–Kier alpha value is -1.39.